The Hall–Kier alpha value is -2.22. The number of nitrogens with zero attached hydrogens (tertiary/aromatic N) is 3. The third-order valence-corrected chi connectivity index (χ3v) is 6.85. The van der Waals surface area contributed by atoms with E-state index in [0.717, 1.165) is 57.1 Å². The lowest BCUT2D eigenvalue weighted by Gasteiger charge is -2.28. The topological polar surface area (TPSA) is 49.3 Å². The fourth-order valence-corrected chi connectivity index (χ4v) is 5.02. The van der Waals surface area contributed by atoms with E-state index in [9.17, 15) is 18.3 Å². The lowest BCUT2D eigenvalue weighted by molar-refractivity contribution is -0.137. The summed E-state index contributed by atoms with van der Waals surface area (Å²) >= 11 is 0. The largest absolute Gasteiger partial charge is 0.416 e. The van der Waals surface area contributed by atoms with Gasteiger partial charge >= 0.3 is 6.18 Å². The summed E-state index contributed by atoms with van der Waals surface area (Å²) in [7, 11) is 0. The Morgan fingerprint density at radius 1 is 1.00 bits per heavy atom. The molecule has 0 amide bonds. The highest BCUT2D eigenvalue weighted by atomic mass is 19.4. The fourth-order valence-electron chi connectivity index (χ4n) is 5.02. The molecule has 2 fully saturated rings. The van der Waals surface area contributed by atoms with Crippen LogP contribution < -0.4 is 4.90 Å². The quantitative estimate of drug-likeness (QED) is 0.448. The normalized spacial score (nSPS) is 21.5. The van der Waals surface area contributed by atoms with E-state index in [2.05, 4.69) is 9.97 Å². The third kappa shape index (κ3) is 5.05. The van der Waals surface area contributed by atoms with Gasteiger partial charge in [-0.2, -0.15) is 13.2 Å². The van der Waals surface area contributed by atoms with Gasteiger partial charge in [0.05, 0.1) is 22.9 Å². The van der Waals surface area contributed by atoms with E-state index < -0.39 is 23.2 Å². The first-order valence-corrected chi connectivity index (χ1v) is 11.4. The maximum absolute atomic E-state index is 15.4. The van der Waals surface area contributed by atoms with E-state index in [-0.39, 0.29) is 17.6 Å². The lowest BCUT2D eigenvalue weighted by Crippen LogP contribution is -2.29. The highest BCUT2D eigenvalue weighted by Crippen LogP contribution is 2.38. The Labute approximate surface area is 185 Å². The van der Waals surface area contributed by atoms with Crippen molar-refractivity contribution in [3.05, 3.63) is 53.2 Å². The molecule has 1 saturated heterocycles. The average Bonchev–Trinajstić information content (AvgIpc) is 3.14. The lowest BCUT2D eigenvalue weighted by atomic mass is 9.89. The van der Waals surface area contributed by atoms with Crippen LogP contribution in [-0.2, 0) is 12.6 Å². The van der Waals surface area contributed by atoms with Gasteiger partial charge in [-0.1, -0.05) is 37.8 Å². The minimum Gasteiger partial charge on any atom is -0.390 e. The second-order valence-corrected chi connectivity index (χ2v) is 9.07. The van der Waals surface area contributed by atoms with Crippen LogP contribution in [0.25, 0.3) is 0 Å². The molecule has 2 heterocycles. The summed E-state index contributed by atoms with van der Waals surface area (Å²) in [6, 6.07) is 4.84. The molecular formula is C24H29F4N3O. The van der Waals surface area contributed by atoms with Gasteiger partial charge in [0.2, 0.25) is 0 Å². The predicted octanol–water partition coefficient (Wildman–Crippen LogP) is 5.99. The van der Waals surface area contributed by atoms with Gasteiger partial charge in [0, 0.05) is 6.54 Å². The second kappa shape index (κ2) is 9.33. The van der Waals surface area contributed by atoms with E-state index in [0.29, 0.717) is 31.4 Å². The average molecular weight is 452 g/mol. The Morgan fingerprint density at radius 3 is 2.34 bits per heavy atom. The summed E-state index contributed by atoms with van der Waals surface area (Å²) in [6.07, 6.45) is 4.92. The number of anilines is 1. The third-order valence-electron chi connectivity index (χ3n) is 6.85. The number of aromatic nitrogens is 2. The summed E-state index contributed by atoms with van der Waals surface area (Å²) < 4.78 is 54.1. The molecular weight excluding hydrogens is 422 g/mol. The zero-order valence-electron chi connectivity index (χ0n) is 18.0. The predicted molar refractivity (Wildman–Crippen MR) is 114 cm³/mol. The van der Waals surface area contributed by atoms with Crippen LogP contribution >= 0.6 is 0 Å². The standard InChI is InChI=1S/C24H29F4N3O/c25-21-19(11-14-23(32)12-3-1-2-4-13-23)29-16-30-22(21)31-15-5-6-20(31)17-7-9-18(10-8-17)24(26,27)28/h7-10,16,20,32H,1-6,11-15H2/t20-/m1/s1. The summed E-state index contributed by atoms with van der Waals surface area (Å²) in [4.78, 5) is 10.1. The molecule has 0 spiro atoms. The molecule has 174 valence electrons. The molecule has 1 N–H and O–H groups in total. The number of benzene rings is 1. The van der Waals surface area contributed by atoms with Crippen LogP contribution in [0.15, 0.2) is 30.6 Å². The molecule has 1 aromatic carbocycles. The Balaban J connectivity index is 1.51. The Bertz CT molecular complexity index is 908. The van der Waals surface area contributed by atoms with Crippen molar-refractivity contribution in [1.29, 1.82) is 0 Å². The molecule has 32 heavy (non-hydrogen) atoms. The summed E-state index contributed by atoms with van der Waals surface area (Å²) in [5, 5.41) is 10.9. The van der Waals surface area contributed by atoms with Crippen molar-refractivity contribution in [3.8, 4) is 0 Å². The molecule has 1 aromatic heterocycles. The second-order valence-electron chi connectivity index (χ2n) is 9.07. The van der Waals surface area contributed by atoms with Crippen molar-refractivity contribution in [1.82, 2.24) is 9.97 Å². The van der Waals surface area contributed by atoms with Gasteiger partial charge in [-0.05, 0) is 56.2 Å². The minimum atomic E-state index is -4.39. The van der Waals surface area contributed by atoms with Gasteiger partial charge in [0.1, 0.15) is 6.33 Å². The molecule has 4 nitrogen and oxygen atoms in total. The van der Waals surface area contributed by atoms with Crippen molar-refractivity contribution in [2.75, 3.05) is 11.4 Å². The first-order valence-electron chi connectivity index (χ1n) is 11.4. The van der Waals surface area contributed by atoms with Crippen molar-refractivity contribution in [2.45, 2.75) is 82.0 Å². The molecule has 8 heteroatoms. The number of halogens is 4. The van der Waals surface area contributed by atoms with Crippen LogP contribution in [0.3, 0.4) is 0 Å². The smallest absolute Gasteiger partial charge is 0.390 e. The fraction of sp³-hybridized carbons (Fsp3) is 0.583. The molecule has 2 aromatic rings. The number of aryl methyl sites for hydroxylation is 1. The zero-order chi connectivity index (χ0) is 22.8. The molecule has 1 aliphatic heterocycles. The first kappa shape index (κ1) is 23.0. The highest BCUT2D eigenvalue weighted by Gasteiger charge is 2.34. The van der Waals surface area contributed by atoms with E-state index in [4.69, 9.17) is 0 Å². The minimum absolute atomic E-state index is 0.185. The van der Waals surface area contributed by atoms with E-state index >= 15 is 4.39 Å². The van der Waals surface area contributed by atoms with E-state index in [1.165, 1.54) is 18.5 Å². The van der Waals surface area contributed by atoms with E-state index in [1.807, 2.05) is 4.90 Å². The van der Waals surface area contributed by atoms with Crippen LogP contribution in [0, 0.1) is 5.82 Å². The van der Waals surface area contributed by atoms with Crippen LogP contribution in [0.1, 0.15) is 80.7 Å². The monoisotopic (exact) mass is 451 g/mol. The highest BCUT2D eigenvalue weighted by molar-refractivity contribution is 5.46. The maximum atomic E-state index is 15.4. The Morgan fingerprint density at radius 2 is 1.69 bits per heavy atom. The van der Waals surface area contributed by atoms with Crippen LogP contribution in [0.5, 0.6) is 0 Å². The molecule has 1 atom stereocenters. The summed E-state index contributed by atoms with van der Waals surface area (Å²) in [6.45, 7) is 0.572. The van der Waals surface area contributed by atoms with Crippen molar-refractivity contribution >= 4 is 5.82 Å². The number of aliphatic hydroxyl groups is 1. The van der Waals surface area contributed by atoms with Gasteiger partial charge in [0.15, 0.2) is 11.6 Å². The van der Waals surface area contributed by atoms with Gasteiger partial charge in [0.25, 0.3) is 0 Å². The number of hydrogen-bond acceptors (Lipinski definition) is 4. The Kier molecular flexibility index (Phi) is 6.70. The van der Waals surface area contributed by atoms with Gasteiger partial charge in [-0.15, -0.1) is 0 Å². The first-order chi connectivity index (χ1) is 15.3. The molecule has 0 radical (unpaired) electrons. The number of alkyl halides is 3. The maximum Gasteiger partial charge on any atom is 0.416 e. The van der Waals surface area contributed by atoms with E-state index in [1.54, 1.807) is 0 Å². The van der Waals surface area contributed by atoms with Crippen molar-refractivity contribution in [2.24, 2.45) is 0 Å². The summed E-state index contributed by atoms with van der Waals surface area (Å²) in [5.74, 6) is -0.311. The molecule has 1 saturated carbocycles. The molecule has 2 aliphatic rings. The van der Waals surface area contributed by atoms with Crippen LogP contribution in [0.2, 0.25) is 0 Å². The SMILES string of the molecule is OC1(CCc2ncnc(N3CCC[C@@H]3c3ccc(C(F)(F)F)cc3)c2F)CCCCCC1. The van der Waals surface area contributed by atoms with Crippen LogP contribution in [-0.4, -0.2) is 27.2 Å². The molecule has 0 unspecified atom stereocenters. The summed E-state index contributed by atoms with van der Waals surface area (Å²) in [5.41, 5.74) is -0.476. The van der Waals surface area contributed by atoms with Gasteiger partial charge in [-0.25, -0.2) is 14.4 Å². The number of hydrogen-bond donors (Lipinski definition) is 1. The molecule has 4 rings (SSSR count). The van der Waals surface area contributed by atoms with Gasteiger partial charge < -0.3 is 10.0 Å². The van der Waals surface area contributed by atoms with Crippen molar-refractivity contribution in [3.63, 3.8) is 0 Å². The van der Waals surface area contributed by atoms with Crippen LogP contribution in [0.4, 0.5) is 23.4 Å². The number of rotatable bonds is 5. The van der Waals surface area contributed by atoms with Gasteiger partial charge in [-0.3, -0.25) is 0 Å². The molecule has 0 bridgehead atoms. The molecule has 1 aliphatic carbocycles. The zero-order valence-corrected chi connectivity index (χ0v) is 18.0. The van der Waals surface area contributed by atoms with Crippen molar-refractivity contribution < 1.29 is 22.7 Å².